The fraction of sp³-hybridized carbons (Fsp3) is 0.0476. The Morgan fingerprint density at radius 3 is 2.74 bits per heavy atom. The predicted molar refractivity (Wildman–Crippen MR) is 115 cm³/mol. The van der Waals surface area contributed by atoms with E-state index in [1.165, 1.54) is 0 Å². The average molecular weight is 457 g/mol. The van der Waals surface area contributed by atoms with Crippen LogP contribution in [0.15, 0.2) is 87.9 Å². The second-order valence-corrected chi connectivity index (χ2v) is 8.05. The van der Waals surface area contributed by atoms with Crippen LogP contribution in [-0.4, -0.2) is 9.55 Å². The topological polar surface area (TPSA) is 30.2 Å². The van der Waals surface area contributed by atoms with Crippen LogP contribution in [0.4, 0.5) is 5.69 Å². The molecule has 0 saturated heterocycles. The van der Waals surface area contributed by atoms with E-state index in [2.05, 4.69) is 49.1 Å². The van der Waals surface area contributed by atoms with Crippen molar-refractivity contribution in [3.8, 4) is 11.3 Å². The van der Waals surface area contributed by atoms with Gasteiger partial charge in [0.15, 0.2) is 4.80 Å². The zero-order valence-electron chi connectivity index (χ0n) is 14.2. The van der Waals surface area contributed by atoms with Crippen molar-refractivity contribution in [1.82, 2.24) is 9.55 Å². The molecule has 3 nitrogen and oxygen atoms in total. The molecule has 2 heterocycles. The third-order valence-corrected chi connectivity index (χ3v) is 5.84. The molecule has 0 aliphatic heterocycles. The monoisotopic (exact) mass is 455 g/mol. The largest absolute Gasteiger partial charge is 0.312 e. The van der Waals surface area contributed by atoms with Crippen LogP contribution >= 0.6 is 38.9 Å². The number of halogens is 2. The lowest BCUT2D eigenvalue weighted by molar-refractivity contribution is 0.778. The van der Waals surface area contributed by atoms with Crippen LogP contribution in [0.5, 0.6) is 0 Å². The van der Waals surface area contributed by atoms with Gasteiger partial charge in [-0.25, -0.2) is 4.99 Å². The lowest BCUT2D eigenvalue weighted by Crippen LogP contribution is -2.16. The first-order valence-corrected chi connectivity index (χ1v) is 10.4. The van der Waals surface area contributed by atoms with Crippen LogP contribution in [0.25, 0.3) is 11.3 Å². The SMILES string of the molecule is Clc1cccc(Cn2c(-c3ccccc3Br)csc2=Nc2cccnc2)c1. The van der Waals surface area contributed by atoms with E-state index < -0.39 is 0 Å². The normalized spacial score (nSPS) is 11.7. The molecule has 0 fully saturated rings. The number of hydrogen-bond donors (Lipinski definition) is 0. The van der Waals surface area contributed by atoms with Crippen molar-refractivity contribution in [2.45, 2.75) is 6.54 Å². The summed E-state index contributed by atoms with van der Waals surface area (Å²) in [7, 11) is 0. The van der Waals surface area contributed by atoms with Gasteiger partial charge < -0.3 is 4.57 Å². The lowest BCUT2D eigenvalue weighted by Gasteiger charge is -2.11. The molecule has 0 aliphatic carbocycles. The Morgan fingerprint density at radius 1 is 1.07 bits per heavy atom. The number of nitrogens with zero attached hydrogens (tertiary/aromatic N) is 3. The molecule has 0 radical (unpaired) electrons. The maximum absolute atomic E-state index is 6.19. The minimum atomic E-state index is 0.680. The molecule has 0 amide bonds. The second-order valence-electron chi connectivity index (χ2n) is 5.92. The molecular formula is C21H15BrClN3S. The quantitative estimate of drug-likeness (QED) is 0.354. The molecule has 2 aromatic carbocycles. The molecule has 0 aliphatic rings. The van der Waals surface area contributed by atoms with Gasteiger partial charge in [-0.15, -0.1) is 11.3 Å². The number of benzene rings is 2. The Bertz CT molecular complexity index is 1140. The lowest BCUT2D eigenvalue weighted by atomic mass is 10.1. The first-order chi connectivity index (χ1) is 13.2. The van der Waals surface area contributed by atoms with Crippen molar-refractivity contribution >= 4 is 44.6 Å². The molecular weight excluding hydrogens is 442 g/mol. The number of aromatic nitrogens is 2. The first-order valence-electron chi connectivity index (χ1n) is 8.33. The summed E-state index contributed by atoms with van der Waals surface area (Å²) in [4.78, 5) is 9.88. The highest BCUT2D eigenvalue weighted by Crippen LogP contribution is 2.29. The van der Waals surface area contributed by atoms with Gasteiger partial charge in [0.25, 0.3) is 0 Å². The van der Waals surface area contributed by atoms with Gasteiger partial charge in [-0.3, -0.25) is 4.98 Å². The maximum atomic E-state index is 6.19. The van der Waals surface area contributed by atoms with Crippen LogP contribution in [0, 0.1) is 0 Å². The Labute approximate surface area is 174 Å². The predicted octanol–water partition coefficient (Wildman–Crippen LogP) is 6.31. The summed E-state index contributed by atoms with van der Waals surface area (Å²) in [5.74, 6) is 0. The molecule has 134 valence electrons. The summed E-state index contributed by atoms with van der Waals surface area (Å²) in [5.41, 5.74) is 4.19. The van der Waals surface area contributed by atoms with E-state index >= 15 is 0 Å². The van der Waals surface area contributed by atoms with Gasteiger partial charge in [-0.05, 0) is 35.9 Å². The molecule has 0 bridgehead atoms. The van der Waals surface area contributed by atoms with Crippen LogP contribution in [0.3, 0.4) is 0 Å². The van der Waals surface area contributed by atoms with Crippen LogP contribution < -0.4 is 4.80 Å². The van der Waals surface area contributed by atoms with E-state index in [1.807, 2.05) is 42.5 Å². The molecule has 4 rings (SSSR count). The summed E-state index contributed by atoms with van der Waals surface area (Å²) in [6.45, 7) is 0.680. The Morgan fingerprint density at radius 2 is 1.96 bits per heavy atom. The fourth-order valence-electron chi connectivity index (χ4n) is 2.80. The highest BCUT2D eigenvalue weighted by atomic mass is 79.9. The number of hydrogen-bond acceptors (Lipinski definition) is 3. The van der Waals surface area contributed by atoms with Gasteiger partial charge in [-0.2, -0.15) is 0 Å². The van der Waals surface area contributed by atoms with E-state index in [0.717, 1.165) is 36.8 Å². The van der Waals surface area contributed by atoms with Crippen molar-refractivity contribution in [2.75, 3.05) is 0 Å². The minimum Gasteiger partial charge on any atom is -0.312 e. The van der Waals surface area contributed by atoms with Crippen LogP contribution in [0.1, 0.15) is 5.56 Å². The summed E-state index contributed by atoms with van der Waals surface area (Å²) < 4.78 is 3.26. The van der Waals surface area contributed by atoms with Gasteiger partial charge in [0.05, 0.1) is 24.1 Å². The van der Waals surface area contributed by atoms with Gasteiger partial charge >= 0.3 is 0 Å². The molecule has 0 unspecified atom stereocenters. The highest BCUT2D eigenvalue weighted by Gasteiger charge is 2.11. The summed E-state index contributed by atoms with van der Waals surface area (Å²) >= 11 is 11.5. The standard InChI is InChI=1S/C21H15BrClN3S/c22-19-9-2-1-8-18(19)20-14-27-21(25-17-7-4-10-24-12-17)26(20)13-15-5-3-6-16(23)11-15/h1-12,14H,13H2. The van der Waals surface area contributed by atoms with Gasteiger partial charge in [-0.1, -0.05) is 57.9 Å². The van der Waals surface area contributed by atoms with E-state index in [1.54, 1.807) is 23.7 Å². The molecule has 0 saturated carbocycles. The van der Waals surface area contributed by atoms with Crippen molar-refractivity contribution in [2.24, 2.45) is 4.99 Å². The van der Waals surface area contributed by atoms with Crippen LogP contribution in [-0.2, 0) is 6.54 Å². The zero-order chi connectivity index (χ0) is 18.6. The Kier molecular flexibility index (Phi) is 5.53. The summed E-state index contributed by atoms with van der Waals surface area (Å²) in [6, 6.07) is 20.0. The number of rotatable bonds is 4. The molecule has 4 aromatic rings. The molecule has 0 atom stereocenters. The van der Waals surface area contributed by atoms with Crippen molar-refractivity contribution in [1.29, 1.82) is 0 Å². The minimum absolute atomic E-state index is 0.680. The maximum Gasteiger partial charge on any atom is 0.190 e. The third kappa shape index (κ3) is 4.21. The van der Waals surface area contributed by atoms with Crippen molar-refractivity contribution in [3.05, 3.63) is 98.3 Å². The Hall–Kier alpha value is -2.21. The number of thiazole rings is 1. The average Bonchev–Trinajstić information content (AvgIpc) is 3.05. The van der Waals surface area contributed by atoms with E-state index in [-0.39, 0.29) is 0 Å². The molecule has 6 heteroatoms. The van der Waals surface area contributed by atoms with Gasteiger partial charge in [0.2, 0.25) is 0 Å². The van der Waals surface area contributed by atoms with Crippen molar-refractivity contribution in [3.63, 3.8) is 0 Å². The smallest absolute Gasteiger partial charge is 0.190 e. The molecule has 0 spiro atoms. The summed E-state index contributed by atoms with van der Waals surface area (Å²) in [6.07, 6.45) is 3.52. The number of pyridine rings is 1. The summed E-state index contributed by atoms with van der Waals surface area (Å²) in [5, 5.41) is 2.87. The first kappa shape index (κ1) is 18.2. The fourth-order valence-corrected chi connectivity index (χ4v) is 4.42. The molecule has 0 N–H and O–H groups in total. The zero-order valence-corrected chi connectivity index (χ0v) is 17.4. The molecule has 27 heavy (non-hydrogen) atoms. The van der Waals surface area contributed by atoms with E-state index in [4.69, 9.17) is 16.6 Å². The third-order valence-electron chi connectivity index (χ3n) is 4.05. The van der Waals surface area contributed by atoms with Gasteiger partial charge in [0.1, 0.15) is 0 Å². The van der Waals surface area contributed by atoms with E-state index in [0.29, 0.717) is 6.54 Å². The van der Waals surface area contributed by atoms with E-state index in [9.17, 15) is 0 Å². The van der Waals surface area contributed by atoms with Gasteiger partial charge in [0, 0.05) is 26.6 Å². The molecule has 2 aromatic heterocycles. The van der Waals surface area contributed by atoms with Crippen LogP contribution in [0.2, 0.25) is 5.02 Å². The highest BCUT2D eigenvalue weighted by molar-refractivity contribution is 9.10. The Balaban J connectivity index is 1.88. The van der Waals surface area contributed by atoms with Crippen molar-refractivity contribution < 1.29 is 0 Å². The second kappa shape index (κ2) is 8.21.